The minimum Gasteiger partial charge on any atom is -0.469 e. The molecule has 0 aliphatic heterocycles. The van der Waals surface area contributed by atoms with Gasteiger partial charge in [0.25, 0.3) is 0 Å². The van der Waals surface area contributed by atoms with Gasteiger partial charge in [0.1, 0.15) is 5.58 Å². The number of thiophene rings is 1. The highest BCUT2D eigenvalue weighted by Gasteiger charge is 2.21. The van der Waals surface area contributed by atoms with E-state index in [2.05, 4.69) is 17.4 Å². The number of rotatable bonds is 6. The van der Waals surface area contributed by atoms with Crippen molar-refractivity contribution >= 4 is 34.2 Å². The van der Waals surface area contributed by atoms with Crippen LogP contribution in [0.3, 0.4) is 0 Å². The second-order valence-electron chi connectivity index (χ2n) is 6.82. The fourth-order valence-corrected chi connectivity index (χ4v) is 4.44. The van der Waals surface area contributed by atoms with Crippen LogP contribution in [0.1, 0.15) is 40.5 Å². The molecule has 1 aromatic carbocycles. The lowest BCUT2D eigenvalue weighted by molar-refractivity contribution is -0.141. The van der Waals surface area contributed by atoms with Gasteiger partial charge in [0.15, 0.2) is 0 Å². The van der Waals surface area contributed by atoms with E-state index in [4.69, 9.17) is 9.15 Å². The van der Waals surface area contributed by atoms with Crippen molar-refractivity contribution in [3.05, 3.63) is 57.5 Å². The zero-order valence-corrected chi connectivity index (χ0v) is 15.9. The van der Waals surface area contributed by atoms with Crippen LogP contribution < -0.4 is 5.32 Å². The maximum Gasteiger partial charge on any atom is 0.307 e. The summed E-state index contributed by atoms with van der Waals surface area (Å²) in [6, 6.07) is 7.70. The number of amides is 1. The molecule has 0 spiro atoms. The van der Waals surface area contributed by atoms with Crippen LogP contribution in [-0.4, -0.2) is 19.0 Å². The van der Waals surface area contributed by atoms with Gasteiger partial charge in [-0.15, -0.1) is 11.3 Å². The number of furan rings is 1. The quantitative estimate of drug-likeness (QED) is 0.655. The van der Waals surface area contributed by atoms with Crippen molar-refractivity contribution in [2.24, 2.45) is 0 Å². The van der Waals surface area contributed by atoms with Crippen molar-refractivity contribution < 1.29 is 18.7 Å². The summed E-state index contributed by atoms with van der Waals surface area (Å²) in [6.45, 7) is 0. The summed E-state index contributed by atoms with van der Waals surface area (Å²) in [5.41, 5.74) is 4.42. The van der Waals surface area contributed by atoms with Crippen LogP contribution in [0.4, 0.5) is 0 Å². The molecule has 1 unspecified atom stereocenters. The van der Waals surface area contributed by atoms with Gasteiger partial charge in [0.05, 0.1) is 32.3 Å². The topological polar surface area (TPSA) is 68.5 Å². The lowest BCUT2D eigenvalue weighted by atomic mass is 10.0. The number of carbonyl (C=O) groups excluding carboxylic acids is 2. The SMILES string of the molecule is COC(=O)CC(NC(=O)Cc1coc2cc3c(cc12)CCC3)c1cccs1. The minimum absolute atomic E-state index is 0.113. The van der Waals surface area contributed by atoms with Crippen molar-refractivity contribution in [3.8, 4) is 0 Å². The van der Waals surface area contributed by atoms with Gasteiger partial charge in [0.2, 0.25) is 5.91 Å². The molecule has 0 saturated heterocycles. The van der Waals surface area contributed by atoms with E-state index >= 15 is 0 Å². The third-order valence-electron chi connectivity index (χ3n) is 5.04. The summed E-state index contributed by atoms with van der Waals surface area (Å²) in [6.07, 6.45) is 5.35. The van der Waals surface area contributed by atoms with E-state index in [1.807, 2.05) is 17.5 Å². The molecule has 0 fully saturated rings. The van der Waals surface area contributed by atoms with Crippen LogP contribution in [0, 0.1) is 0 Å². The van der Waals surface area contributed by atoms with Crippen molar-refractivity contribution in [1.29, 1.82) is 0 Å². The molecule has 2 heterocycles. The maximum atomic E-state index is 12.7. The summed E-state index contributed by atoms with van der Waals surface area (Å²) in [7, 11) is 1.35. The third-order valence-corrected chi connectivity index (χ3v) is 6.03. The van der Waals surface area contributed by atoms with Gasteiger partial charge < -0.3 is 14.5 Å². The predicted octanol–water partition coefficient (Wildman–Crippen LogP) is 3.95. The van der Waals surface area contributed by atoms with Gasteiger partial charge in [-0.3, -0.25) is 9.59 Å². The number of methoxy groups -OCH3 is 1. The Balaban J connectivity index is 1.51. The van der Waals surface area contributed by atoms with Crippen molar-refractivity contribution in [2.75, 3.05) is 7.11 Å². The normalized spacial score (nSPS) is 14.1. The largest absolute Gasteiger partial charge is 0.469 e. The van der Waals surface area contributed by atoms with Crippen LogP contribution >= 0.6 is 11.3 Å². The molecule has 1 atom stereocenters. The molecular formula is C21H21NO4S. The van der Waals surface area contributed by atoms with Crippen LogP contribution in [-0.2, 0) is 33.6 Å². The van der Waals surface area contributed by atoms with Crippen molar-refractivity contribution in [1.82, 2.24) is 5.32 Å². The molecular weight excluding hydrogens is 362 g/mol. The van der Waals surface area contributed by atoms with Gasteiger partial charge in [-0.05, 0) is 54.0 Å². The van der Waals surface area contributed by atoms with Crippen molar-refractivity contribution in [3.63, 3.8) is 0 Å². The molecule has 0 saturated carbocycles. The van der Waals surface area contributed by atoms with E-state index in [0.717, 1.165) is 34.3 Å². The number of nitrogens with one attached hydrogen (secondary N) is 1. The van der Waals surface area contributed by atoms with E-state index < -0.39 is 0 Å². The van der Waals surface area contributed by atoms with Crippen LogP contribution in [0.15, 0.2) is 40.3 Å². The fourth-order valence-electron chi connectivity index (χ4n) is 3.67. The first-order chi connectivity index (χ1) is 13.1. The Hall–Kier alpha value is -2.60. The molecule has 1 aliphatic carbocycles. The molecule has 1 N–H and O–H groups in total. The summed E-state index contributed by atoms with van der Waals surface area (Å²) in [5, 5.41) is 5.90. The molecule has 6 heteroatoms. The van der Waals surface area contributed by atoms with E-state index in [0.29, 0.717) is 0 Å². The van der Waals surface area contributed by atoms with E-state index in [1.54, 1.807) is 6.26 Å². The highest BCUT2D eigenvalue weighted by atomic mass is 32.1. The average Bonchev–Trinajstić information content (AvgIpc) is 3.40. The molecule has 140 valence electrons. The third kappa shape index (κ3) is 3.76. The monoisotopic (exact) mass is 383 g/mol. The first-order valence-electron chi connectivity index (χ1n) is 9.05. The summed E-state index contributed by atoms with van der Waals surface area (Å²) in [5.74, 6) is -0.487. The second kappa shape index (κ2) is 7.56. The molecule has 27 heavy (non-hydrogen) atoms. The van der Waals surface area contributed by atoms with Crippen LogP contribution in [0.5, 0.6) is 0 Å². The summed E-state index contributed by atoms with van der Waals surface area (Å²) >= 11 is 1.51. The number of hydrogen-bond acceptors (Lipinski definition) is 5. The predicted molar refractivity (Wildman–Crippen MR) is 104 cm³/mol. The number of benzene rings is 1. The molecule has 0 radical (unpaired) electrons. The smallest absolute Gasteiger partial charge is 0.307 e. The van der Waals surface area contributed by atoms with Crippen LogP contribution in [0.2, 0.25) is 0 Å². The molecule has 5 nitrogen and oxygen atoms in total. The zero-order valence-electron chi connectivity index (χ0n) is 15.1. The Labute approximate surface area is 161 Å². The molecule has 4 rings (SSSR count). The minimum atomic E-state index is -0.382. The fraction of sp³-hybridized carbons (Fsp3) is 0.333. The molecule has 1 aliphatic rings. The van der Waals surface area contributed by atoms with E-state index in [9.17, 15) is 9.59 Å². The summed E-state index contributed by atoms with van der Waals surface area (Å²) in [4.78, 5) is 25.3. The molecule has 3 aromatic rings. The number of aryl methyl sites for hydroxylation is 2. The van der Waals surface area contributed by atoms with E-state index in [1.165, 1.54) is 36.0 Å². The number of fused-ring (bicyclic) bond motifs is 2. The highest BCUT2D eigenvalue weighted by Crippen LogP contribution is 2.31. The molecule has 1 amide bonds. The lowest BCUT2D eigenvalue weighted by Gasteiger charge is -2.16. The summed E-state index contributed by atoms with van der Waals surface area (Å²) < 4.78 is 10.4. The van der Waals surface area contributed by atoms with Gasteiger partial charge >= 0.3 is 5.97 Å². The Kier molecular flexibility index (Phi) is 4.99. The number of hydrogen-bond donors (Lipinski definition) is 1. The van der Waals surface area contributed by atoms with Gasteiger partial charge in [-0.25, -0.2) is 0 Å². The van der Waals surface area contributed by atoms with Crippen molar-refractivity contribution in [2.45, 2.75) is 38.1 Å². The highest BCUT2D eigenvalue weighted by molar-refractivity contribution is 7.10. The average molecular weight is 383 g/mol. The Bertz CT molecular complexity index is 974. The first-order valence-corrected chi connectivity index (χ1v) is 9.93. The number of ether oxygens (including phenoxy) is 1. The molecule has 2 aromatic heterocycles. The standard InChI is InChI=1S/C21H21NO4S/c1-25-21(24)11-17(19-6-3-7-27-19)22-20(23)10-15-12-26-18-9-14-5-2-4-13(14)8-16(15)18/h3,6-9,12,17H,2,4-5,10-11H2,1H3,(H,22,23). The van der Waals surface area contributed by atoms with Crippen LogP contribution in [0.25, 0.3) is 11.0 Å². The number of esters is 1. The van der Waals surface area contributed by atoms with Gasteiger partial charge in [-0.1, -0.05) is 6.07 Å². The van der Waals surface area contributed by atoms with Gasteiger partial charge in [-0.2, -0.15) is 0 Å². The maximum absolute atomic E-state index is 12.7. The zero-order chi connectivity index (χ0) is 18.8. The van der Waals surface area contributed by atoms with Gasteiger partial charge in [0, 0.05) is 15.8 Å². The Morgan fingerprint density at radius 3 is 2.85 bits per heavy atom. The lowest BCUT2D eigenvalue weighted by Crippen LogP contribution is -2.31. The Morgan fingerprint density at radius 1 is 1.30 bits per heavy atom. The number of carbonyl (C=O) groups is 2. The second-order valence-corrected chi connectivity index (χ2v) is 7.80. The Morgan fingerprint density at radius 2 is 2.11 bits per heavy atom. The van der Waals surface area contributed by atoms with E-state index in [-0.39, 0.29) is 30.8 Å². The molecule has 0 bridgehead atoms. The first kappa shape index (κ1) is 17.8.